The number of carbonyl (C=O) groups is 1. The van der Waals surface area contributed by atoms with Crippen LogP contribution in [0.4, 0.5) is 26.3 Å². The third kappa shape index (κ3) is 7.28. The number of methoxy groups -OCH3 is 2. The fourth-order valence-electron chi connectivity index (χ4n) is 4.25. The minimum atomic E-state index is -5.00. The minimum absolute atomic E-state index is 0.00653. The van der Waals surface area contributed by atoms with Gasteiger partial charge in [-0.3, -0.25) is 4.79 Å². The summed E-state index contributed by atoms with van der Waals surface area (Å²) < 4.78 is 88.9. The van der Waals surface area contributed by atoms with Crippen molar-refractivity contribution in [3.05, 3.63) is 58.7 Å². The van der Waals surface area contributed by atoms with Crippen molar-refractivity contribution >= 4 is 5.91 Å². The van der Waals surface area contributed by atoms with Gasteiger partial charge in [-0.25, -0.2) is 0 Å². The van der Waals surface area contributed by atoms with Gasteiger partial charge in [0.15, 0.2) is 0 Å². The number of nitrogens with one attached hydrogen (secondary N) is 2. The second-order valence-electron chi connectivity index (χ2n) is 8.78. The van der Waals surface area contributed by atoms with Gasteiger partial charge in [0.1, 0.15) is 11.5 Å². The van der Waals surface area contributed by atoms with Gasteiger partial charge in [-0.1, -0.05) is 6.07 Å². The van der Waals surface area contributed by atoms with E-state index in [1.807, 2.05) is 12.1 Å². The number of benzene rings is 2. The highest BCUT2D eigenvalue weighted by Crippen LogP contribution is 2.36. The van der Waals surface area contributed by atoms with Crippen molar-refractivity contribution < 1.29 is 40.6 Å². The molecule has 11 heteroatoms. The van der Waals surface area contributed by atoms with Crippen LogP contribution in [0.15, 0.2) is 36.4 Å². The number of rotatable bonds is 8. The van der Waals surface area contributed by atoms with Crippen LogP contribution in [0.1, 0.15) is 52.7 Å². The number of ether oxygens (including phenoxy) is 2. The van der Waals surface area contributed by atoms with E-state index < -0.39 is 35.0 Å². The van der Waals surface area contributed by atoms with Crippen LogP contribution in [0, 0.1) is 5.92 Å². The Morgan fingerprint density at radius 3 is 2.03 bits per heavy atom. The zero-order valence-electron chi connectivity index (χ0n) is 19.9. The van der Waals surface area contributed by atoms with Gasteiger partial charge in [-0.2, -0.15) is 26.3 Å². The molecule has 36 heavy (non-hydrogen) atoms. The van der Waals surface area contributed by atoms with E-state index in [9.17, 15) is 31.1 Å². The summed E-state index contributed by atoms with van der Waals surface area (Å²) in [4.78, 5) is 12.4. The molecule has 0 saturated heterocycles. The number of alkyl halides is 6. The largest absolute Gasteiger partial charge is 0.497 e. The van der Waals surface area contributed by atoms with Gasteiger partial charge in [-0.15, -0.1) is 0 Å². The van der Waals surface area contributed by atoms with Crippen LogP contribution in [-0.4, -0.2) is 32.7 Å². The molecule has 1 aliphatic rings. The van der Waals surface area contributed by atoms with Crippen LogP contribution in [0.2, 0.25) is 0 Å². The first-order valence-corrected chi connectivity index (χ1v) is 11.4. The summed E-state index contributed by atoms with van der Waals surface area (Å²) in [6.07, 6.45) is -6.85. The Kier molecular flexibility index (Phi) is 8.76. The van der Waals surface area contributed by atoms with Crippen LogP contribution >= 0.6 is 0 Å². The zero-order chi connectivity index (χ0) is 26.5. The number of hydrogen-bond donors (Lipinski definition) is 2. The van der Waals surface area contributed by atoms with Gasteiger partial charge in [0.05, 0.1) is 25.3 Å². The third-order valence-corrected chi connectivity index (χ3v) is 6.32. The lowest BCUT2D eigenvalue weighted by Crippen LogP contribution is -2.37. The van der Waals surface area contributed by atoms with Crippen LogP contribution in [-0.2, 0) is 18.9 Å². The van der Waals surface area contributed by atoms with Gasteiger partial charge in [0, 0.05) is 36.3 Å². The van der Waals surface area contributed by atoms with Gasteiger partial charge >= 0.3 is 12.4 Å². The van der Waals surface area contributed by atoms with E-state index in [1.165, 1.54) is 0 Å². The molecule has 198 valence electrons. The molecule has 1 saturated carbocycles. The molecular weight excluding hydrogens is 490 g/mol. The van der Waals surface area contributed by atoms with Crippen molar-refractivity contribution in [2.24, 2.45) is 5.92 Å². The Morgan fingerprint density at radius 1 is 0.889 bits per heavy atom. The SMILES string of the molecule is COc1ccc(CN[C@H]2CC[C@@H](CNC(=O)c3cc(C(F)(F)F)cc(C(F)(F)F)c3)CC2)c(OC)c1. The van der Waals surface area contributed by atoms with Crippen LogP contribution < -0.4 is 20.1 Å². The summed E-state index contributed by atoms with van der Waals surface area (Å²) in [5.74, 6) is 0.522. The lowest BCUT2D eigenvalue weighted by Gasteiger charge is -2.29. The number of hydrogen-bond acceptors (Lipinski definition) is 4. The average Bonchev–Trinajstić information content (AvgIpc) is 2.85. The van der Waals surface area contributed by atoms with E-state index in [-0.39, 0.29) is 24.6 Å². The Labute approximate surface area is 205 Å². The first-order chi connectivity index (χ1) is 16.9. The van der Waals surface area contributed by atoms with Gasteiger partial charge in [0.25, 0.3) is 5.91 Å². The maximum absolute atomic E-state index is 13.0. The summed E-state index contributed by atoms with van der Waals surface area (Å²) in [7, 11) is 3.16. The first kappa shape index (κ1) is 27.6. The Morgan fingerprint density at radius 2 is 1.50 bits per heavy atom. The standard InChI is InChI=1S/C25H28F6N2O3/c1-35-21-8-5-16(22(12-21)36-2)14-32-20-6-3-15(4-7-20)13-33-23(34)17-9-18(24(26,27)28)11-19(10-17)25(29,30)31/h5,8-12,15,20,32H,3-4,6-7,13-14H2,1-2H3,(H,33,34)/t15-,20+. The van der Waals surface area contributed by atoms with E-state index in [4.69, 9.17) is 9.47 Å². The molecule has 2 aromatic rings. The minimum Gasteiger partial charge on any atom is -0.497 e. The highest BCUT2D eigenvalue weighted by molar-refractivity contribution is 5.94. The lowest BCUT2D eigenvalue weighted by atomic mass is 9.86. The quantitative estimate of drug-likeness (QED) is 0.433. The molecule has 0 aromatic heterocycles. The number of halogens is 6. The number of amides is 1. The first-order valence-electron chi connectivity index (χ1n) is 11.4. The molecule has 0 bridgehead atoms. The predicted octanol–water partition coefficient (Wildman–Crippen LogP) is 5.82. The summed E-state index contributed by atoms with van der Waals surface area (Å²) in [6, 6.07) is 6.70. The van der Waals surface area contributed by atoms with Crippen molar-refractivity contribution in [3.63, 3.8) is 0 Å². The second kappa shape index (κ2) is 11.4. The van der Waals surface area contributed by atoms with E-state index in [1.54, 1.807) is 20.3 Å². The highest BCUT2D eigenvalue weighted by atomic mass is 19.4. The lowest BCUT2D eigenvalue weighted by molar-refractivity contribution is -0.143. The predicted molar refractivity (Wildman–Crippen MR) is 121 cm³/mol. The summed E-state index contributed by atoms with van der Waals surface area (Å²) in [5.41, 5.74) is -2.71. The van der Waals surface area contributed by atoms with E-state index >= 15 is 0 Å². The molecule has 0 radical (unpaired) electrons. The Balaban J connectivity index is 1.52. The smallest absolute Gasteiger partial charge is 0.416 e. The molecule has 0 heterocycles. The van der Waals surface area contributed by atoms with E-state index in [2.05, 4.69) is 10.6 Å². The van der Waals surface area contributed by atoms with Crippen molar-refractivity contribution in [1.29, 1.82) is 0 Å². The monoisotopic (exact) mass is 518 g/mol. The Hall–Kier alpha value is -2.95. The van der Waals surface area contributed by atoms with Crippen LogP contribution in [0.25, 0.3) is 0 Å². The summed E-state index contributed by atoms with van der Waals surface area (Å²) in [5, 5.41) is 5.98. The summed E-state index contributed by atoms with van der Waals surface area (Å²) >= 11 is 0. The topological polar surface area (TPSA) is 59.6 Å². The highest BCUT2D eigenvalue weighted by Gasteiger charge is 2.37. The Bertz CT molecular complexity index is 1010. The van der Waals surface area contributed by atoms with Gasteiger partial charge < -0.3 is 20.1 Å². The molecular formula is C25H28F6N2O3. The van der Waals surface area contributed by atoms with Crippen molar-refractivity contribution in [2.75, 3.05) is 20.8 Å². The fourth-order valence-corrected chi connectivity index (χ4v) is 4.25. The molecule has 2 N–H and O–H groups in total. The van der Waals surface area contributed by atoms with Gasteiger partial charge in [0.2, 0.25) is 0 Å². The second-order valence-corrected chi connectivity index (χ2v) is 8.78. The third-order valence-electron chi connectivity index (χ3n) is 6.32. The maximum Gasteiger partial charge on any atom is 0.416 e. The molecule has 3 rings (SSSR count). The van der Waals surface area contributed by atoms with Gasteiger partial charge in [-0.05, 0) is 55.9 Å². The van der Waals surface area contributed by atoms with Crippen molar-refractivity contribution in [3.8, 4) is 11.5 Å². The van der Waals surface area contributed by atoms with E-state index in [0.29, 0.717) is 30.2 Å². The zero-order valence-corrected chi connectivity index (χ0v) is 19.9. The summed E-state index contributed by atoms with van der Waals surface area (Å²) in [6.45, 7) is 0.770. The molecule has 0 unspecified atom stereocenters. The molecule has 5 nitrogen and oxygen atoms in total. The normalized spacial score (nSPS) is 18.6. The average molecular weight is 518 g/mol. The maximum atomic E-state index is 13.0. The molecule has 0 aliphatic heterocycles. The molecule has 2 aromatic carbocycles. The van der Waals surface area contributed by atoms with Crippen molar-refractivity contribution in [1.82, 2.24) is 10.6 Å². The molecule has 1 fully saturated rings. The molecule has 0 spiro atoms. The fraction of sp³-hybridized carbons (Fsp3) is 0.480. The van der Waals surface area contributed by atoms with Crippen molar-refractivity contribution in [2.45, 2.75) is 50.6 Å². The van der Waals surface area contributed by atoms with Crippen LogP contribution in [0.3, 0.4) is 0 Å². The molecule has 1 aliphatic carbocycles. The number of carbonyl (C=O) groups excluding carboxylic acids is 1. The molecule has 1 amide bonds. The molecule has 0 atom stereocenters. The van der Waals surface area contributed by atoms with Crippen LogP contribution in [0.5, 0.6) is 11.5 Å². The van der Waals surface area contributed by atoms with E-state index in [0.717, 1.165) is 31.2 Å².